The van der Waals surface area contributed by atoms with Gasteiger partial charge in [0.2, 0.25) is 0 Å². The number of esters is 1. The van der Waals surface area contributed by atoms with Gasteiger partial charge in [-0.3, -0.25) is 0 Å². The molecule has 0 amide bonds. The Labute approximate surface area is 163 Å². The normalized spacial score (nSPS) is 16.4. The van der Waals surface area contributed by atoms with E-state index in [1.807, 2.05) is 31.2 Å². The van der Waals surface area contributed by atoms with Crippen molar-refractivity contribution in [1.29, 1.82) is 5.26 Å². The highest BCUT2D eigenvalue weighted by Crippen LogP contribution is 2.40. The van der Waals surface area contributed by atoms with Gasteiger partial charge in [0.1, 0.15) is 11.6 Å². The third-order valence-corrected chi connectivity index (χ3v) is 4.78. The molecule has 2 aromatic rings. The van der Waals surface area contributed by atoms with Crippen LogP contribution < -0.4 is 10.6 Å². The first-order chi connectivity index (χ1) is 13.5. The smallest absolute Gasteiger partial charge is 0.336 e. The van der Waals surface area contributed by atoms with E-state index in [0.717, 1.165) is 12.0 Å². The van der Waals surface area contributed by atoms with Crippen molar-refractivity contribution in [2.75, 3.05) is 12.0 Å². The Morgan fingerprint density at radius 2 is 1.93 bits per heavy atom. The number of aryl methyl sites for hydroxylation is 1. The van der Waals surface area contributed by atoms with Gasteiger partial charge in [0, 0.05) is 17.5 Å². The summed E-state index contributed by atoms with van der Waals surface area (Å²) < 4.78 is 19.4. The van der Waals surface area contributed by atoms with E-state index in [1.165, 1.54) is 25.4 Å². The fraction of sp³-hybridized carbons (Fsp3) is 0.182. The number of carbonyl (C=O) groups is 1. The maximum absolute atomic E-state index is 14.5. The Kier molecular flexibility index (Phi) is 5.46. The number of rotatable bonds is 4. The summed E-state index contributed by atoms with van der Waals surface area (Å²) in [4.78, 5) is 14.1. The average molecular weight is 377 g/mol. The lowest BCUT2D eigenvalue weighted by molar-refractivity contribution is -0.136. The first-order valence-electron chi connectivity index (χ1n) is 8.84. The minimum atomic E-state index is -0.940. The molecule has 1 aliphatic rings. The van der Waals surface area contributed by atoms with Gasteiger partial charge in [-0.15, -0.1) is 0 Å². The number of carbonyl (C=O) groups excluding carboxylic acids is 1. The molecule has 0 saturated heterocycles. The lowest BCUT2D eigenvalue weighted by Crippen LogP contribution is -2.33. The number of anilines is 1. The van der Waals surface area contributed by atoms with Crippen LogP contribution in [-0.4, -0.2) is 13.1 Å². The third kappa shape index (κ3) is 3.35. The minimum Gasteiger partial charge on any atom is -0.466 e. The van der Waals surface area contributed by atoms with Crippen LogP contribution in [-0.2, 0) is 16.0 Å². The summed E-state index contributed by atoms with van der Waals surface area (Å²) in [6.07, 6.45) is 2.40. The zero-order valence-electron chi connectivity index (χ0n) is 15.6. The molecule has 1 unspecified atom stereocenters. The molecule has 0 radical (unpaired) electrons. The monoisotopic (exact) mass is 377 g/mol. The first-order valence-corrected chi connectivity index (χ1v) is 8.84. The van der Waals surface area contributed by atoms with Crippen molar-refractivity contribution >= 4 is 11.7 Å². The highest BCUT2D eigenvalue weighted by atomic mass is 19.1. The number of hydrogen-bond acceptors (Lipinski definition) is 5. The molecule has 0 aromatic heterocycles. The molecule has 0 fully saturated rings. The van der Waals surface area contributed by atoms with Gasteiger partial charge in [0.05, 0.1) is 30.2 Å². The summed E-state index contributed by atoms with van der Waals surface area (Å²) >= 11 is 0. The van der Waals surface area contributed by atoms with E-state index in [1.54, 1.807) is 17.0 Å². The number of halogens is 1. The van der Waals surface area contributed by atoms with Gasteiger partial charge in [-0.05, 0) is 30.2 Å². The van der Waals surface area contributed by atoms with Crippen molar-refractivity contribution in [2.45, 2.75) is 19.3 Å². The van der Waals surface area contributed by atoms with Crippen LogP contribution in [0.2, 0.25) is 0 Å². The predicted octanol–water partition coefficient (Wildman–Crippen LogP) is 3.74. The number of nitriles is 1. The SMILES string of the molecule is CCc1ccc(N2C=C(C(=O)OC)C(c3ccccc3F)C(C#N)=C2N)cc1. The van der Waals surface area contributed by atoms with Gasteiger partial charge >= 0.3 is 5.97 Å². The quantitative estimate of drug-likeness (QED) is 0.821. The number of benzene rings is 2. The van der Waals surface area contributed by atoms with Crippen molar-refractivity contribution in [3.05, 3.63) is 88.6 Å². The van der Waals surface area contributed by atoms with Gasteiger partial charge in [-0.25, -0.2) is 9.18 Å². The molecule has 5 nitrogen and oxygen atoms in total. The van der Waals surface area contributed by atoms with Crippen LogP contribution in [0, 0.1) is 17.1 Å². The second-order valence-electron chi connectivity index (χ2n) is 6.33. The van der Waals surface area contributed by atoms with Gasteiger partial charge in [0.25, 0.3) is 0 Å². The number of hydrogen-bond donors (Lipinski definition) is 1. The Morgan fingerprint density at radius 1 is 1.25 bits per heavy atom. The average Bonchev–Trinajstić information content (AvgIpc) is 2.73. The van der Waals surface area contributed by atoms with Crippen LogP contribution in [0.5, 0.6) is 0 Å². The topological polar surface area (TPSA) is 79.3 Å². The van der Waals surface area contributed by atoms with Crippen LogP contribution >= 0.6 is 0 Å². The lowest BCUT2D eigenvalue weighted by atomic mass is 9.83. The number of allylic oxidation sites excluding steroid dienone is 1. The van der Waals surface area contributed by atoms with E-state index in [-0.39, 0.29) is 22.5 Å². The fourth-order valence-corrected chi connectivity index (χ4v) is 3.26. The molecule has 2 N–H and O–H groups in total. The molecule has 1 atom stereocenters. The molecule has 6 heteroatoms. The van der Waals surface area contributed by atoms with Crippen molar-refractivity contribution in [3.8, 4) is 6.07 Å². The number of nitrogens with two attached hydrogens (primary N) is 1. The zero-order valence-corrected chi connectivity index (χ0v) is 15.6. The van der Waals surface area contributed by atoms with E-state index in [2.05, 4.69) is 6.07 Å². The van der Waals surface area contributed by atoms with Gasteiger partial charge in [-0.2, -0.15) is 5.26 Å². The van der Waals surface area contributed by atoms with E-state index in [9.17, 15) is 14.4 Å². The number of ether oxygens (including phenoxy) is 1. The van der Waals surface area contributed by atoms with Crippen LogP contribution in [0.1, 0.15) is 24.0 Å². The van der Waals surface area contributed by atoms with Crippen LogP contribution in [0.15, 0.2) is 71.7 Å². The van der Waals surface area contributed by atoms with Crippen LogP contribution in [0.25, 0.3) is 0 Å². The van der Waals surface area contributed by atoms with E-state index in [4.69, 9.17) is 10.5 Å². The zero-order chi connectivity index (χ0) is 20.3. The van der Waals surface area contributed by atoms with Crippen molar-refractivity contribution in [3.63, 3.8) is 0 Å². The molecule has 0 saturated carbocycles. The van der Waals surface area contributed by atoms with E-state index < -0.39 is 17.7 Å². The maximum Gasteiger partial charge on any atom is 0.336 e. The molecule has 2 aromatic carbocycles. The van der Waals surface area contributed by atoms with Gasteiger partial charge < -0.3 is 15.4 Å². The Balaban J connectivity index is 2.19. The summed E-state index contributed by atoms with van der Waals surface area (Å²) in [5.41, 5.74) is 8.54. The van der Waals surface area contributed by atoms with Crippen molar-refractivity contribution in [1.82, 2.24) is 0 Å². The van der Waals surface area contributed by atoms with Crippen LogP contribution in [0.3, 0.4) is 0 Å². The van der Waals surface area contributed by atoms with Crippen LogP contribution in [0.4, 0.5) is 10.1 Å². The number of nitrogens with zero attached hydrogens (tertiary/aromatic N) is 2. The molecule has 142 valence electrons. The van der Waals surface area contributed by atoms with E-state index in [0.29, 0.717) is 5.69 Å². The second kappa shape index (κ2) is 7.97. The summed E-state index contributed by atoms with van der Waals surface area (Å²) in [7, 11) is 1.25. The minimum absolute atomic E-state index is 0.0903. The van der Waals surface area contributed by atoms with Crippen molar-refractivity contribution < 1.29 is 13.9 Å². The summed E-state index contributed by atoms with van der Waals surface area (Å²) in [5.74, 6) is -1.97. The molecule has 28 heavy (non-hydrogen) atoms. The Morgan fingerprint density at radius 3 is 2.50 bits per heavy atom. The highest BCUT2D eigenvalue weighted by molar-refractivity contribution is 5.93. The Bertz CT molecular complexity index is 1000. The second-order valence-corrected chi connectivity index (χ2v) is 6.33. The first kappa shape index (κ1) is 19.2. The fourth-order valence-electron chi connectivity index (χ4n) is 3.26. The molecule has 0 spiro atoms. The molecular formula is C22H20FN3O2. The lowest BCUT2D eigenvalue weighted by Gasteiger charge is -2.32. The van der Waals surface area contributed by atoms with Gasteiger partial charge in [-0.1, -0.05) is 37.3 Å². The summed E-state index contributed by atoms with van der Waals surface area (Å²) in [5, 5.41) is 9.79. The number of methoxy groups -OCH3 is 1. The standard InChI is InChI=1S/C22H20FN3O2/c1-3-14-8-10-15(11-9-14)26-13-18(22(27)28-2)20(17(12-24)21(26)25)16-6-4-5-7-19(16)23/h4-11,13,20H,3,25H2,1-2H3. The summed E-state index contributed by atoms with van der Waals surface area (Å²) in [6, 6.07) is 15.7. The highest BCUT2D eigenvalue weighted by Gasteiger charge is 2.36. The molecule has 0 aliphatic carbocycles. The molecule has 0 bridgehead atoms. The molecule has 1 aliphatic heterocycles. The van der Waals surface area contributed by atoms with Gasteiger partial charge in [0.15, 0.2) is 0 Å². The summed E-state index contributed by atoms with van der Waals surface area (Å²) in [6.45, 7) is 2.05. The maximum atomic E-state index is 14.5. The third-order valence-electron chi connectivity index (χ3n) is 4.78. The predicted molar refractivity (Wildman–Crippen MR) is 104 cm³/mol. The molecule has 1 heterocycles. The van der Waals surface area contributed by atoms with E-state index >= 15 is 0 Å². The largest absolute Gasteiger partial charge is 0.466 e. The molecule has 3 rings (SSSR count). The Hall–Kier alpha value is -3.59. The molecular weight excluding hydrogens is 357 g/mol. The van der Waals surface area contributed by atoms with Crippen molar-refractivity contribution in [2.24, 2.45) is 5.73 Å².